The van der Waals surface area contributed by atoms with Gasteiger partial charge in [-0.05, 0) is 55.0 Å². The number of imide groups is 1. The normalized spacial score (nSPS) is 24.6. The Morgan fingerprint density at radius 3 is 2.37 bits per heavy atom. The number of ether oxygens (including phenoxy) is 1. The maximum Gasteiger partial charge on any atom is 0.262 e. The first-order valence-corrected chi connectivity index (χ1v) is 12.8. The highest BCUT2D eigenvalue weighted by Crippen LogP contribution is 2.52. The summed E-state index contributed by atoms with van der Waals surface area (Å²) in [5.41, 5.74) is 0.997. The summed E-state index contributed by atoms with van der Waals surface area (Å²) in [4.78, 5) is 39.4. The molecule has 0 radical (unpaired) electrons. The summed E-state index contributed by atoms with van der Waals surface area (Å²) in [6.07, 6.45) is 4.80. The molecule has 1 aliphatic heterocycles. The van der Waals surface area contributed by atoms with Crippen LogP contribution < -0.4 is 14.8 Å². The van der Waals surface area contributed by atoms with Gasteiger partial charge in [0.2, 0.25) is 17.7 Å². The van der Waals surface area contributed by atoms with Crippen molar-refractivity contribution in [3.8, 4) is 5.75 Å². The van der Waals surface area contributed by atoms with Gasteiger partial charge in [0.05, 0.1) is 29.5 Å². The van der Waals surface area contributed by atoms with Crippen LogP contribution in [0, 0.1) is 30.6 Å². The van der Waals surface area contributed by atoms with Crippen LogP contribution in [0.5, 0.6) is 5.75 Å². The average molecular weight is 496 g/mol. The molecule has 1 saturated carbocycles. The van der Waals surface area contributed by atoms with Gasteiger partial charge in [0.25, 0.3) is 10.0 Å². The monoisotopic (exact) mass is 495 g/mol. The minimum atomic E-state index is -4.00. The second-order valence-electron chi connectivity index (χ2n) is 9.10. The third-order valence-electron chi connectivity index (χ3n) is 6.98. The van der Waals surface area contributed by atoms with Crippen LogP contribution in [0.3, 0.4) is 0 Å². The van der Waals surface area contributed by atoms with E-state index in [1.54, 1.807) is 43.3 Å². The van der Waals surface area contributed by atoms with Crippen LogP contribution in [0.1, 0.15) is 12.0 Å². The van der Waals surface area contributed by atoms with Crippen LogP contribution in [0.4, 0.5) is 11.4 Å². The van der Waals surface area contributed by atoms with E-state index in [0.717, 1.165) is 11.3 Å². The molecule has 1 heterocycles. The van der Waals surface area contributed by atoms with E-state index in [9.17, 15) is 22.8 Å². The Balaban J connectivity index is 1.31. The van der Waals surface area contributed by atoms with E-state index in [1.807, 2.05) is 12.2 Å². The minimum absolute atomic E-state index is 0.0216. The smallest absolute Gasteiger partial charge is 0.262 e. The topological polar surface area (TPSA) is 122 Å². The van der Waals surface area contributed by atoms with Crippen molar-refractivity contribution < 1.29 is 27.5 Å². The van der Waals surface area contributed by atoms with E-state index in [-0.39, 0.29) is 51.8 Å². The largest absolute Gasteiger partial charge is 0.495 e. The van der Waals surface area contributed by atoms with Crippen LogP contribution >= 0.6 is 0 Å². The summed E-state index contributed by atoms with van der Waals surface area (Å²) in [5.74, 6) is -1.43. The summed E-state index contributed by atoms with van der Waals surface area (Å²) >= 11 is 0. The van der Waals surface area contributed by atoms with Crippen molar-refractivity contribution in [3.05, 3.63) is 60.2 Å². The SMILES string of the molecule is COc1ccccc1NS(=O)(=O)c1cc(NC(=O)CN2C(=O)[C@@H]3[C@@H](C2=O)[C@H]2C=C[C@H]3C2)ccc1C. The fraction of sp³-hybridized carbons (Fsp3) is 0.320. The molecule has 10 heteroatoms. The van der Waals surface area contributed by atoms with Gasteiger partial charge in [-0.1, -0.05) is 30.4 Å². The Bertz CT molecular complexity index is 1340. The lowest BCUT2D eigenvalue weighted by atomic mass is 9.85. The van der Waals surface area contributed by atoms with Gasteiger partial charge in [-0.25, -0.2) is 8.42 Å². The van der Waals surface area contributed by atoms with Crippen molar-refractivity contribution in [2.24, 2.45) is 23.7 Å². The van der Waals surface area contributed by atoms with Crippen LogP contribution in [0.2, 0.25) is 0 Å². The number of aryl methyl sites for hydroxylation is 1. The highest BCUT2D eigenvalue weighted by Gasteiger charge is 2.59. The Hall–Kier alpha value is -3.66. The summed E-state index contributed by atoms with van der Waals surface area (Å²) in [5, 5.41) is 2.62. The third kappa shape index (κ3) is 3.97. The molecule has 2 aromatic carbocycles. The summed E-state index contributed by atoms with van der Waals surface area (Å²) in [7, 11) is -2.55. The highest BCUT2D eigenvalue weighted by atomic mass is 32.2. The van der Waals surface area contributed by atoms with Crippen molar-refractivity contribution in [2.75, 3.05) is 23.7 Å². The Kier molecular flexibility index (Phi) is 5.63. The van der Waals surface area contributed by atoms with E-state index in [1.165, 1.54) is 13.2 Å². The molecule has 3 amide bonds. The second-order valence-corrected chi connectivity index (χ2v) is 10.7. The number of nitrogens with one attached hydrogen (secondary N) is 2. The van der Waals surface area contributed by atoms with E-state index < -0.39 is 22.5 Å². The number of hydrogen-bond acceptors (Lipinski definition) is 6. The first-order chi connectivity index (χ1) is 16.7. The number of anilines is 2. The molecule has 0 unspecified atom stereocenters. The number of rotatable bonds is 7. The first kappa shape index (κ1) is 23.1. The van der Waals surface area contributed by atoms with Crippen LogP contribution in [-0.2, 0) is 24.4 Å². The molecule has 3 aliphatic rings. The van der Waals surface area contributed by atoms with Crippen molar-refractivity contribution in [3.63, 3.8) is 0 Å². The Morgan fingerprint density at radius 2 is 1.71 bits per heavy atom. The zero-order valence-electron chi connectivity index (χ0n) is 19.2. The lowest BCUT2D eigenvalue weighted by molar-refractivity contribution is -0.143. The number of amides is 3. The van der Waals surface area contributed by atoms with E-state index in [4.69, 9.17) is 4.74 Å². The van der Waals surface area contributed by atoms with E-state index >= 15 is 0 Å². The predicted octanol–water partition coefficient (Wildman–Crippen LogP) is 2.55. The number of sulfonamides is 1. The summed E-state index contributed by atoms with van der Waals surface area (Å²) < 4.78 is 33.9. The van der Waals surface area contributed by atoms with Gasteiger partial charge in [0.1, 0.15) is 12.3 Å². The molecule has 0 aromatic heterocycles. The summed E-state index contributed by atoms with van der Waals surface area (Å²) in [6, 6.07) is 11.1. The Labute approximate surface area is 203 Å². The van der Waals surface area contributed by atoms with Gasteiger partial charge in [0.15, 0.2) is 0 Å². The second kappa shape index (κ2) is 8.53. The molecule has 1 saturated heterocycles. The lowest BCUT2D eigenvalue weighted by Crippen LogP contribution is -2.39. The molecule has 2 fully saturated rings. The number of benzene rings is 2. The lowest BCUT2D eigenvalue weighted by Gasteiger charge is -2.17. The van der Waals surface area contributed by atoms with Crippen LogP contribution in [0.15, 0.2) is 59.5 Å². The fourth-order valence-electron chi connectivity index (χ4n) is 5.36. The van der Waals surface area contributed by atoms with Crippen molar-refractivity contribution in [1.29, 1.82) is 0 Å². The molecule has 182 valence electrons. The zero-order valence-corrected chi connectivity index (χ0v) is 20.0. The quantitative estimate of drug-likeness (QED) is 0.450. The van der Waals surface area contributed by atoms with Crippen LogP contribution in [0.25, 0.3) is 0 Å². The number of hydrogen-bond donors (Lipinski definition) is 2. The molecule has 0 spiro atoms. The van der Waals surface area contributed by atoms with Gasteiger partial charge in [-0.15, -0.1) is 0 Å². The standard InChI is InChI=1S/C25H25N3O6S/c1-14-7-10-17(12-20(14)35(32,33)27-18-5-3-4-6-19(18)34-2)26-21(29)13-28-24(30)22-15-8-9-16(11-15)23(22)25(28)31/h3-10,12,15-16,22-23,27H,11,13H2,1-2H3,(H,26,29)/t15-,16-,22-,23-/m0/s1. The molecule has 5 rings (SSSR count). The first-order valence-electron chi connectivity index (χ1n) is 11.3. The minimum Gasteiger partial charge on any atom is -0.495 e. The number of para-hydroxylation sites is 2. The van der Waals surface area contributed by atoms with Crippen molar-refractivity contribution >= 4 is 39.1 Å². The molecule has 2 N–H and O–H groups in total. The molecule has 4 atom stereocenters. The number of nitrogens with zero attached hydrogens (tertiary/aromatic N) is 1. The van der Waals surface area contributed by atoms with E-state index in [2.05, 4.69) is 10.0 Å². The predicted molar refractivity (Wildman–Crippen MR) is 128 cm³/mol. The van der Waals surface area contributed by atoms with E-state index in [0.29, 0.717) is 11.3 Å². The molecule has 2 bridgehead atoms. The van der Waals surface area contributed by atoms with Gasteiger partial charge >= 0.3 is 0 Å². The van der Waals surface area contributed by atoms with Gasteiger partial charge in [-0.2, -0.15) is 0 Å². The molecular weight excluding hydrogens is 470 g/mol. The Morgan fingerprint density at radius 1 is 1.06 bits per heavy atom. The van der Waals surface area contributed by atoms with Crippen LogP contribution in [-0.4, -0.2) is 44.7 Å². The van der Waals surface area contributed by atoms with Crippen molar-refractivity contribution in [2.45, 2.75) is 18.2 Å². The number of methoxy groups -OCH3 is 1. The van der Waals surface area contributed by atoms with Gasteiger partial charge in [-0.3, -0.25) is 24.0 Å². The molecule has 2 aromatic rings. The molecular formula is C25H25N3O6S. The zero-order chi connectivity index (χ0) is 24.9. The molecule has 35 heavy (non-hydrogen) atoms. The molecule has 9 nitrogen and oxygen atoms in total. The number of carbonyl (C=O) groups excluding carboxylic acids is 3. The van der Waals surface area contributed by atoms with Crippen molar-refractivity contribution in [1.82, 2.24) is 4.90 Å². The number of fused-ring (bicyclic) bond motifs is 5. The highest BCUT2D eigenvalue weighted by molar-refractivity contribution is 7.92. The third-order valence-corrected chi connectivity index (χ3v) is 8.48. The number of likely N-dealkylation sites (tertiary alicyclic amines) is 1. The van der Waals surface area contributed by atoms with Gasteiger partial charge in [0, 0.05) is 5.69 Å². The maximum absolute atomic E-state index is 13.1. The molecule has 2 aliphatic carbocycles. The summed E-state index contributed by atoms with van der Waals surface area (Å²) in [6.45, 7) is 1.24. The average Bonchev–Trinajstić information content (AvgIpc) is 3.50. The number of carbonyl (C=O) groups is 3. The van der Waals surface area contributed by atoms with Gasteiger partial charge < -0.3 is 10.1 Å². The fourth-order valence-corrected chi connectivity index (χ4v) is 6.70. The maximum atomic E-state index is 13.1. The number of allylic oxidation sites excluding steroid dienone is 2.